The fraction of sp³-hybridized carbons (Fsp3) is 0.200. The highest BCUT2D eigenvalue weighted by atomic mass is 32.1. The molecule has 0 spiro atoms. The molecule has 0 aliphatic heterocycles. The highest BCUT2D eigenvalue weighted by molar-refractivity contribution is 7.22. The van der Waals surface area contributed by atoms with E-state index in [0.717, 1.165) is 45.0 Å². The number of aldehydes is 1. The number of aryl methyl sites for hydroxylation is 1. The molecule has 0 bridgehead atoms. The molecule has 0 unspecified atom stereocenters. The van der Waals surface area contributed by atoms with Crippen molar-refractivity contribution in [2.45, 2.75) is 39.2 Å². The number of anilines is 4. The summed E-state index contributed by atoms with van der Waals surface area (Å²) in [5, 5.41) is 7.47. The van der Waals surface area contributed by atoms with Crippen LogP contribution in [0.4, 0.5) is 22.6 Å². The Morgan fingerprint density at radius 3 is 2.42 bits per heavy atom. The van der Waals surface area contributed by atoms with Crippen molar-refractivity contribution in [3.05, 3.63) is 95.7 Å². The first kappa shape index (κ1) is 25.4. The molecule has 0 saturated heterocycles. The number of hydrogen-bond acceptors (Lipinski definition) is 8. The molecule has 0 amide bonds. The van der Waals surface area contributed by atoms with Crippen molar-refractivity contribution in [1.29, 1.82) is 0 Å². The zero-order valence-electron chi connectivity index (χ0n) is 21.6. The highest BCUT2D eigenvalue weighted by Crippen LogP contribution is 2.30. The van der Waals surface area contributed by atoms with Gasteiger partial charge in [-0.25, -0.2) is 9.97 Å². The predicted octanol–water partition coefficient (Wildman–Crippen LogP) is 7.08. The highest BCUT2D eigenvalue weighted by Gasteiger charge is 2.18. The van der Waals surface area contributed by atoms with Crippen LogP contribution >= 0.6 is 11.3 Å². The van der Waals surface area contributed by atoms with Gasteiger partial charge in [0.05, 0.1) is 15.9 Å². The van der Waals surface area contributed by atoms with Crippen molar-refractivity contribution >= 4 is 50.4 Å². The summed E-state index contributed by atoms with van der Waals surface area (Å²) in [6.07, 6.45) is 2.44. The lowest BCUT2D eigenvalue weighted by atomic mass is 10.1. The summed E-state index contributed by atoms with van der Waals surface area (Å²) >= 11 is 1.61. The Kier molecular flexibility index (Phi) is 7.33. The van der Waals surface area contributed by atoms with Crippen LogP contribution in [-0.4, -0.2) is 26.8 Å². The normalized spacial score (nSPS) is 11.3. The SMILES string of the molecule is CCc1ccc2nc(Nc3cc(Cc4ccccc4)nc(Nc4ccc(OC(C)(C)C=O)cc4)n3)sc2c1. The third kappa shape index (κ3) is 6.33. The third-order valence-corrected chi connectivity index (χ3v) is 6.81. The van der Waals surface area contributed by atoms with E-state index >= 15 is 0 Å². The fourth-order valence-corrected chi connectivity index (χ4v) is 4.86. The van der Waals surface area contributed by atoms with Gasteiger partial charge in [-0.1, -0.05) is 54.7 Å². The molecule has 0 radical (unpaired) electrons. The van der Waals surface area contributed by atoms with Crippen molar-refractivity contribution in [1.82, 2.24) is 15.0 Å². The Morgan fingerprint density at radius 2 is 1.68 bits per heavy atom. The molecule has 5 rings (SSSR count). The number of benzene rings is 3. The number of nitrogens with one attached hydrogen (secondary N) is 2. The predicted molar refractivity (Wildman–Crippen MR) is 154 cm³/mol. The van der Waals surface area contributed by atoms with E-state index in [4.69, 9.17) is 19.7 Å². The molecule has 0 fully saturated rings. The summed E-state index contributed by atoms with van der Waals surface area (Å²) in [5.74, 6) is 1.74. The maximum atomic E-state index is 11.2. The van der Waals surface area contributed by atoms with E-state index in [-0.39, 0.29) is 0 Å². The van der Waals surface area contributed by atoms with E-state index in [2.05, 4.69) is 47.9 Å². The molecule has 0 atom stereocenters. The van der Waals surface area contributed by atoms with Crippen LogP contribution in [0.5, 0.6) is 5.75 Å². The summed E-state index contributed by atoms with van der Waals surface area (Å²) < 4.78 is 6.87. The summed E-state index contributed by atoms with van der Waals surface area (Å²) in [6, 6.07) is 25.9. The minimum absolute atomic E-state index is 0.470. The maximum absolute atomic E-state index is 11.2. The van der Waals surface area contributed by atoms with Crippen LogP contribution in [0.25, 0.3) is 10.2 Å². The summed E-state index contributed by atoms with van der Waals surface area (Å²) in [7, 11) is 0. The maximum Gasteiger partial charge on any atom is 0.229 e. The fourth-order valence-electron chi connectivity index (χ4n) is 3.93. The quantitative estimate of drug-likeness (QED) is 0.189. The zero-order chi connectivity index (χ0) is 26.5. The third-order valence-electron chi connectivity index (χ3n) is 5.88. The first-order chi connectivity index (χ1) is 18.4. The summed E-state index contributed by atoms with van der Waals surface area (Å²) in [5.41, 5.74) is 4.21. The van der Waals surface area contributed by atoms with Crippen molar-refractivity contribution in [3.8, 4) is 5.75 Å². The molecule has 192 valence electrons. The molecule has 0 aliphatic rings. The number of rotatable bonds is 10. The van der Waals surface area contributed by atoms with Gasteiger partial charge in [-0.05, 0) is 67.8 Å². The van der Waals surface area contributed by atoms with Crippen LogP contribution in [-0.2, 0) is 17.6 Å². The standard InChI is InChI=1S/C30H29N5O2S/c1-4-20-10-15-25-26(17-20)38-29(33-25)35-27-18-23(16-21-8-6-5-7-9-21)32-28(34-27)31-22-11-13-24(14-12-22)37-30(2,3)19-36/h5-15,17-19H,4,16H2,1-3H3,(H2,31,32,33,34,35). The van der Waals surface area contributed by atoms with Crippen LogP contribution in [0.15, 0.2) is 78.9 Å². The molecular formula is C30H29N5O2S. The molecule has 8 heteroatoms. The lowest BCUT2D eigenvalue weighted by Gasteiger charge is -2.19. The second-order valence-electron chi connectivity index (χ2n) is 9.50. The molecule has 0 aliphatic carbocycles. The largest absolute Gasteiger partial charge is 0.480 e. The molecule has 2 heterocycles. The molecule has 0 saturated carbocycles. The van der Waals surface area contributed by atoms with Gasteiger partial charge in [-0.3, -0.25) is 4.79 Å². The van der Waals surface area contributed by atoms with E-state index in [1.54, 1.807) is 25.2 Å². The number of fused-ring (bicyclic) bond motifs is 1. The minimum atomic E-state index is -0.886. The first-order valence-corrected chi connectivity index (χ1v) is 13.3. The number of ether oxygens (including phenoxy) is 1. The zero-order valence-corrected chi connectivity index (χ0v) is 22.4. The number of hydrogen-bond donors (Lipinski definition) is 2. The average molecular weight is 524 g/mol. The van der Waals surface area contributed by atoms with Gasteiger partial charge in [-0.2, -0.15) is 4.98 Å². The average Bonchev–Trinajstić information content (AvgIpc) is 3.31. The van der Waals surface area contributed by atoms with E-state index in [1.807, 2.05) is 48.5 Å². The molecule has 2 aromatic heterocycles. The Labute approximate surface area is 226 Å². The number of carbonyl (C=O) groups is 1. The topological polar surface area (TPSA) is 89.0 Å². The van der Waals surface area contributed by atoms with Gasteiger partial charge in [0.2, 0.25) is 5.95 Å². The number of aromatic nitrogens is 3. The Balaban J connectivity index is 1.41. The Bertz CT molecular complexity index is 1550. The number of carbonyl (C=O) groups excluding carboxylic acids is 1. The van der Waals surface area contributed by atoms with Crippen LogP contribution in [0.1, 0.15) is 37.6 Å². The lowest BCUT2D eigenvalue weighted by Crippen LogP contribution is -2.29. The van der Waals surface area contributed by atoms with Crippen molar-refractivity contribution < 1.29 is 9.53 Å². The smallest absolute Gasteiger partial charge is 0.229 e. The first-order valence-electron chi connectivity index (χ1n) is 12.5. The molecule has 2 N–H and O–H groups in total. The number of nitrogens with zero attached hydrogens (tertiary/aromatic N) is 3. The summed E-state index contributed by atoms with van der Waals surface area (Å²) in [6.45, 7) is 5.60. The van der Waals surface area contributed by atoms with Gasteiger partial charge in [0.25, 0.3) is 0 Å². The molecule has 7 nitrogen and oxygen atoms in total. The van der Waals surface area contributed by atoms with Gasteiger partial charge in [0.15, 0.2) is 17.0 Å². The van der Waals surface area contributed by atoms with Crippen molar-refractivity contribution in [2.75, 3.05) is 10.6 Å². The van der Waals surface area contributed by atoms with E-state index < -0.39 is 5.60 Å². The van der Waals surface area contributed by atoms with E-state index in [0.29, 0.717) is 23.9 Å². The monoisotopic (exact) mass is 523 g/mol. The van der Waals surface area contributed by atoms with Gasteiger partial charge >= 0.3 is 0 Å². The molecule has 3 aromatic carbocycles. The van der Waals surface area contributed by atoms with Gasteiger partial charge < -0.3 is 15.4 Å². The lowest BCUT2D eigenvalue weighted by molar-refractivity contribution is -0.118. The van der Waals surface area contributed by atoms with Gasteiger partial charge in [-0.15, -0.1) is 0 Å². The molecule has 38 heavy (non-hydrogen) atoms. The molecular weight excluding hydrogens is 494 g/mol. The van der Waals surface area contributed by atoms with E-state index in [1.165, 1.54) is 5.56 Å². The van der Waals surface area contributed by atoms with Gasteiger partial charge in [0.1, 0.15) is 11.6 Å². The van der Waals surface area contributed by atoms with Crippen molar-refractivity contribution in [3.63, 3.8) is 0 Å². The van der Waals surface area contributed by atoms with Crippen LogP contribution in [0.3, 0.4) is 0 Å². The number of thiazole rings is 1. The van der Waals surface area contributed by atoms with E-state index in [9.17, 15) is 4.79 Å². The second-order valence-corrected chi connectivity index (χ2v) is 10.5. The second kappa shape index (κ2) is 11.0. The summed E-state index contributed by atoms with van der Waals surface area (Å²) in [4.78, 5) is 25.4. The van der Waals surface area contributed by atoms with Crippen LogP contribution < -0.4 is 15.4 Å². The Morgan fingerprint density at radius 1 is 0.895 bits per heavy atom. The van der Waals surface area contributed by atoms with Gasteiger partial charge in [0, 0.05) is 18.2 Å². The van der Waals surface area contributed by atoms with Crippen molar-refractivity contribution in [2.24, 2.45) is 0 Å². The Hall–Kier alpha value is -4.30. The van der Waals surface area contributed by atoms with Crippen LogP contribution in [0.2, 0.25) is 0 Å². The molecule has 5 aromatic rings. The van der Waals surface area contributed by atoms with Crippen LogP contribution in [0, 0.1) is 0 Å². The minimum Gasteiger partial charge on any atom is -0.480 e.